The van der Waals surface area contributed by atoms with Crippen LogP contribution in [0.2, 0.25) is 0 Å². The summed E-state index contributed by atoms with van der Waals surface area (Å²) in [6, 6.07) is -4.98. The first-order valence-electron chi connectivity index (χ1n) is 9.90. The van der Waals surface area contributed by atoms with Crippen LogP contribution in [0.5, 0.6) is 0 Å². The minimum Gasteiger partial charge on any atom is -0.480 e. The zero-order chi connectivity index (χ0) is 23.8. The Morgan fingerprint density at radius 2 is 1.91 bits per heavy atom. The number of rotatable bonds is 11. The molecule has 1 aliphatic rings. The van der Waals surface area contributed by atoms with E-state index in [9.17, 15) is 34.2 Å². The van der Waals surface area contributed by atoms with Crippen LogP contribution < -0.4 is 22.1 Å². The Bertz CT molecular complexity index is 845. The topological polar surface area (TPSA) is 234 Å². The smallest absolute Gasteiger partial charge is 0.326 e. The number of nitrogens with one attached hydrogen (secondary N) is 3. The van der Waals surface area contributed by atoms with Gasteiger partial charge in [-0.1, -0.05) is 0 Å². The molecule has 1 aromatic heterocycles. The third-order valence-electron chi connectivity index (χ3n) is 4.99. The number of imidazole rings is 1. The molecule has 4 unspecified atom stereocenters. The molecule has 9 N–H and O–H groups in total. The monoisotopic (exact) mass is 453 g/mol. The third-order valence-corrected chi connectivity index (χ3v) is 4.99. The molecule has 1 saturated heterocycles. The van der Waals surface area contributed by atoms with Crippen molar-refractivity contribution in [2.75, 3.05) is 13.2 Å². The first-order valence-corrected chi connectivity index (χ1v) is 9.90. The molecule has 0 saturated carbocycles. The van der Waals surface area contributed by atoms with Gasteiger partial charge in [-0.3, -0.25) is 19.2 Å². The van der Waals surface area contributed by atoms with Crippen molar-refractivity contribution in [3.63, 3.8) is 0 Å². The fourth-order valence-corrected chi connectivity index (χ4v) is 3.36. The number of hydrogen-bond acceptors (Lipinski definition) is 8. The van der Waals surface area contributed by atoms with Gasteiger partial charge in [0, 0.05) is 24.9 Å². The van der Waals surface area contributed by atoms with Crippen LogP contribution in [0.3, 0.4) is 0 Å². The Morgan fingerprint density at radius 3 is 2.47 bits per heavy atom. The van der Waals surface area contributed by atoms with E-state index in [0.29, 0.717) is 18.5 Å². The number of H-pyrrole nitrogens is 1. The molecule has 14 nitrogen and oxygen atoms in total. The van der Waals surface area contributed by atoms with Crippen molar-refractivity contribution in [2.45, 2.75) is 49.9 Å². The maximum atomic E-state index is 13.1. The number of carboxylic acid groups (broad SMARTS) is 1. The summed E-state index contributed by atoms with van der Waals surface area (Å²) in [5.74, 6) is -4.37. The van der Waals surface area contributed by atoms with Gasteiger partial charge in [0.1, 0.15) is 18.1 Å². The summed E-state index contributed by atoms with van der Waals surface area (Å²) in [5.41, 5.74) is 11.0. The molecule has 0 aromatic carbocycles. The number of likely N-dealkylation sites (tertiary alicyclic amines) is 1. The van der Waals surface area contributed by atoms with Crippen LogP contribution in [-0.4, -0.2) is 92.0 Å². The third kappa shape index (κ3) is 6.49. The molecule has 2 rings (SSSR count). The predicted octanol–water partition coefficient (Wildman–Crippen LogP) is -3.81. The first kappa shape index (κ1) is 24.7. The van der Waals surface area contributed by atoms with E-state index in [1.54, 1.807) is 0 Å². The predicted molar refractivity (Wildman–Crippen MR) is 107 cm³/mol. The standard InChI is InChI=1S/C18H27N7O7/c19-10(5-14(20)27)15(28)24-12(7-26)16(29)23-11(4-9-6-21-8-22-9)17(30)25-3-1-2-13(25)18(31)32/h6,8,10-13,26H,1-5,7,19H2,(H2,20,27)(H,21,22)(H,23,29)(H,24,28)(H,31,32). The lowest BCUT2D eigenvalue weighted by molar-refractivity contribution is -0.149. The van der Waals surface area contributed by atoms with Gasteiger partial charge in [-0.15, -0.1) is 0 Å². The van der Waals surface area contributed by atoms with Crippen LogP contribution >= 0.6 is 0 Å². The van der Waals surface area contributed by atoms with Crippen molar-refractivity contribution in [1.82, 2.24) is 25.5 Å². The van der Waals surface area contributed by atoms with Crippen LogP contribution in [0.25, 0.3) is 0 Å². The van der Waals surface area contributed by atoms with E-state index in [4.69, 9.17) is 11.5 Å². The van der Waals surface area contributed by atoms with Crippen molar-refractivity contribution >= 4 is 29.6 Å². The highest BCUT2D eigenvalue weighted by molar-refractivity contribution is 5.95. The van der Waals surface area contributed by atoms with E-state index in [0.717, 1.165) is 0 Å². The minimum atomic E-state index is -1.47. The second-order valence-electron chi connectivity index (χ2n) is 7.39. The number of aromatic nitrogens is 2. The Morgan fingerprint density at radius 1 is 1.22 bits per heavy atom. The van der Waals surface area contributed by atoms with Crippen LogP contribution in [0.4, 0.5) is 0 Å². The largest absolute Gasteiger partial charge is 0.480 e. The summed E-state index contributed by atoms with van der Waals surface area (Å²) in [5, 5.41) is 23.6. The van der Waals surface area contributed by atoms with Gasteiger partial charge in [0.25, 0.3) is 0 Å². The SMILES string of the molecule is NC(=O)CC(N)C(=O)NC(CO)C(=O)NC(Cc1cnc[nH]1)C(=O)N1CCCC1C(=O)O. The first-order chi connectivity index (χ1) is 15.1. The normalized spacial score (nSPS) is 18.4. The molecule has 1 aromatic rings. The maximum Gasteiger partial charge on any atom is 0.326 e. The van der Waals surface area contributed by atoms with Crippen molar-refractivity contribution in [3.05, 3.63) is 18.2 Å². The van der Waals surface area contributed by atoms with E-state index in [2.05, 4.69) is 20.6 Å². The summed E-state index contributed by atoms with van der Waals surface area (Å²) in [6.45, 7) is -0.597. The molecule has 32 heavy (non-hydrogen) atoms. The molecule has 0 radical (unpaired) electrons. The molecule has 176 valence electrons. The highest BCUT2D eigenvalue weighted by Gasteiger charge is 2.38. The van der Waals surface area contributed by atoms with E-state index in [1.807, 2.05) is 0 Å². The van der Waals surface area contributed by atoms with Gasteiger partial charge in [-0.25, -0.2) is 9.78 Å². The number of carbonyl (C=O) groups excluding carboxylic acids is 4. The molecular formula is C18H27N7O7. The van der Waals surface area contributed by atoms with Crippen LogP contribution in [0.15, 0.2) is 12.5 Å². The fraction of sp³-hybridized carbons (Fsp3) is 0.556. The summed E-state index contributed by atoms with van der Waals surface area (Å²) in [6.07, 6.45) is 3.13. The fourth-order valence-electron chi connectivity index (χ4n) is 3.36. The maximum absolute atomic E-state index is 13.1. The molecule has 14 heteroatoms. The number of aliphatic hydroxyl groups excluding tert-OH is 1. The lowest BCUT2D eigenvalue weighted by Gasteiger charge is -2.28. The minimum absolute atomic E-state index is 0.0271. The average Bonchev–Trinajstić information content (AvgIpc) is 3.42. The number of carbonyl (C=O) groups is 5. The zero-order valence-electron chi connectivity index (χ0n) is 17.2. The number of aromatic amines is 1. The number of aliphatic hydroxyl groups is 1. The van der Waals surface area contributed by atoms with Gasteiger partial charge in [0.05, 0.1) is 25.4 Å². The molecule has 1 aliphatic heterocycles. The number of carboxylic acids is 1. The van der Waals surface area contributed by atoms with Crippen molar-refractivity contribution in [3.8, 4) is 0 Å². The van der Waals surface area contributed by atoms with Crippen LogP contribution in [0, 0.1) is 0 Å². The molecule has 0 spiro atoms. The molecule has 4 amide bonds. The molecular weight excluding hydrogens is 426 g/mol. The second kappa shape index (κ2) is 11.2. The Labute approximate surface area is 182 Å². The van der Waals surface area contributed by atoms with Gasteiger partial charge in [-0.05, 0) is 12.8 Å². The summed E-state index contributed by atoms with van der Waals surface area (Å²) in [4.78, 5) is 68.1. The van der Waals surface area contributed by atoms with E-state index < -0.39 is 66.8 Å². The van der Waals surface area contributed by atoms with Gasteiger partial charge >= 0.3 is 5.97 Å². The van der Waals surface area contributed by atoms with Gasteiger partial charge in [0.15, 0.2) is 0 Å². The van der Waals surface area contributed by atoms with Crippen molar-refractivity contribution in [2.24, 2.45) is 11.5 Å². The molecule has 0 bridgehead atoms. The van der Waals surface area contributed by atoms with Crippen LogP contribution in [0.1, 0.15) is 25.0 Å². The van der Waals surface area contributed by atoms with E-state index in [-0.39, 0.29) is 13.0 Å². The summed E-state index contributed by atoms with van der Waals surface area (Å²) in [7, 11) is 0. The lowest BCUT2D eigenvalue weighted by atomic mass is 10.1. The van der Waals surface area contributed by atoms with Crippen LogP contribution in [-0.2, 0) is 30.4 Å². The lowest BCUT2D eigenvalue weighted by Crippen LogP contribution is -2.58. The number of hydrogen-bond donors (Lipinski definition) is 7. The molecule has 2 heterocycles. The Hall–Kier alpha value is -3.52. The number of amides is 4. The van der Waals surface area contributed by atoms with Gasteiger partial charge < -0.3 is 42.2 Å². The van der Waals surface area contributed by atoms with E-state index >= 15 is 0 Å². The molecule has 1 fully saturated rings. The van der Waals surface area contributed by atoms with Crippen molar-refractivity contribution < 1.29 is 34.2 Å². The quantitative estimate of drug-likeness (QED) is 0.174. The highest BCUT2D eigenvalue weighted by atomic mass is 16.4. The Balaban J connectivity index is 2.14. The summed E-state index contributed by atoms with van der Waals surface area (Å²) >= 11 is 0. The van der Waals surface area contributed by atoms with Gasteiger partial charge in [-0.2, -0.15) is 0 Å². The Kier molecular flexibility index (Phi) is 8.66. The number of aliphatic carboxylic acids is 1. The number of nitrogens with two attached hydrogens (primary N) is 2. The zero-order valence-corrected chi connectivity index (χ0v) is 17.2. The molecule has 4 atom stereocenters. The summed E-state index contributed by atoms with van der Waals surface area (Å²) < 4.78 is 0. The van der Waals surface area contributed by atoms with Gasteiger partial charge in [0.2, 0.25) is 23.6 Å². The average molecular weight is 453 g/mol. The second-order valence-corrected chi connectivity index (χ2v) is 7.39. The highest BCUT2D eigenvalue weighted by Crippen LogP contribution is 2.19. The number of primary amides is 1. The van der Waals surface area contributed by atoms with E-state index in [1.165, 1.54) is 17.4 Å². The van der Waals surface area contributed by atoms with Crippen molar-refractivity contribution in [1.29, 1.82) is 0 Å². The number of nitrogens with zero attached hydrogens (tertiary/aromatic N) is 2. The molecule has 0 aliphatic carbocycles.